The van der Waals surface area contributed by atoms with Crippen molar-refractivity contribution < 1.29 is 9.53 Å². The number of aryl methyl sites for hydroxylation is 1. The molecule has 0 fully saturated rings. The van der Waals surface area contributed by atoms with Crippen LogP contribution in [0.4, 0.5) is 11.5 Å². The maximum absolute atomic E-state index is 12.8. The minimum atomic E-state index is 0.0317. The molecular weight excluding hydrogens is 426 g/mol. The van der Waals surface area contributed by atoms with Crippen LogP contribution >= 0.6 is 11.3 Å². The Morgan fingerprint density at radius 1 is 1.41 bits per heavy atom. The number of carbonyl (C=O) groups is 1. The lowest BCUT2D eigenvalue weighted by molar-refractivity contribution is -0.134. The number of carbonyl (C=O) groups excluding carboxylic acids is 1. The van der Waals surface area contributed by atoms with Gasteiger partial charge >= 0.3 is 0 Å². The molecule has 1 atom stereocenters. The van der Waals surface area contributed by atoms with Gasteiger partial charge in [0.1, 0.15) is 22.7 Å². The van der Waals surface area contributed by atoms with Crippen molar-refractivity contribution in [2.75, 3.05) is 26.0 Å². The van der Waals surface area contributed by atoms with E-state index in [2.05, 4.69) is 37.4 Å². The van der Waals surface area contributed by atoms with E-state index < -0.39 is 0 Å². The molecule has 32 heavy (non-hydrogen) atoms. The highest BCUT2D eigenvalue weighted by Crippen LogP contribution is 2.41. The molecule has 1 aliphatic rings. The molecule has 1 amide bonds. The first kappa shape index (κ1) is 20.6. The van der Waals surface area contributed by atoms with Crippen LogP contribution in [0, 0.1) is 5.92 Å². The number of hydrogen-bond donors (Lipinski definition) is 2. The Bertz CT molecular complexity index is 1300. The highest BCUT2D eigenvalue weighted by molar-refractivity contribution is 7.19. The van der Waals surface area contributed by atoms with Gasteiger partial charge < -0.3 is 15.0 Å². The van der Waals surface area contributed by atoms with Crippen molar-refractivity contribution in [1.82, 2.24) is 30.0 Å². The van der Waals surface area contributed by atoms with Gasteiger partial charge in [-0.3, -0.25) is 9.89 Å². The van der Waals surface area contributed by atoms with Crippen LogP contribution < -0.4 is 10.1 Å². The quantitative estimate of drug-likeness (QED) is 0.460. The third-order valence-electron chi connectivity index (χ3n) is 5.97. The second kappa shape index (κ2) is 8.34. The minimum absolute atomic E-state index is 0.0317. The Hall–Kier alpha value is -3.27. The molecule has 4 heterocycles. The maximum Gasteiger partial charge on any atom is 0.239 e. The van der Waals surface area contributed by atoms with Crippen molar-refractivity contribution in [3.05, 3.63) is 29.0 Å². The molecule has 10 heteroatoms. The minimum Gasteiger partial charge on any atom is -0.479 e. The summed E-state index contributed by atoms with van der Waals surface area (Å²) in [7, 11) is 3.49. The summed E-state index contributed by atoms with van der Waals surface area (Å²) in [6.45, 7) is 2.89. The van der Waals surface area contributed by atoms with Gasteiger partial charge in [0.05, 0.1) is 18.7 Å². The lowest BCUT2D eigenvalue weighted by atomic mass is 9.87. The summed E-state index contributed by atoms with van der Waals surface area (Å²) in [5.41, 5.74) is 2.62. The number of H-pyrrole nitrogens is 1. The number of hydrogen-bond acceptors (Lipinski definition) is 8. The van der Waals surface area contributed by atoms with Crippen molar-refractivity contribution in [3.8, 4) is 5.88 Å². The second-order valence-corrected chi connectivity index (χ2v) is 9.17. The number of methoxy groups -OCH3 is 1. The molecule has 0 aliphatic heterocycles. The topological polar surface area (TPSA) is 109 Å². The van der Waals surface area contributed by atoms with Gasteiger partial charge in [0, 0.05) is 29.8 Å². The Morgan fingerprint density at radius 2 is 2.28 bits per heavy atom. The number of amides is 1. The van der Waals surface area contributed by atoms with Gasteiger partial charge in [-0.05, 0) is 37.3 Å². The highest BCUT2D eigenvalue weighted by Gasteiger charge is 2.30. The molecule has 166 valence electrons. The summed E-state index contributed by atoms with van der Waals surface area (Å²) < 4.78 is 5.48. The number of fused-ring (bicyclic) bond motifs is 4. The van der Waals surface area contributed by atoms with E-state index in [-0.39, 0.29) is 11.8 Å². The molecule has 0 spiro atoms. The number of aromatic amines is 1. The summed E-state index contributed by atoms with van der Waals surface area (Å²) in [6.07, 6.45) is 6.70. The van der Waals surface area contributed by atoms with Gasteiger partial charge in [0.2, 0.25) is 11.8 Å². The third kappa shape index (κ3) is 3.54. The number of anilines is 2. The standard InChI is InChI=1S/C22H25N7O2S/c1-4-7-29(2)22(30)12-5-6-14-16(9-12)32-21-17(14)19(23-11-24-21)26-15-8-13-10-25-28-18(13)27-20(15)31-3/h8,10-12H,4-7,9H2,1-3H3,(H,23,24,26)(H,25,27,28)/t12-/m0/s1. The summed E-state index contributed by atoms with van der Waals surface area (Å²) in [6, 6.07) is 1.94. The van der Waals surface area contributed by atoms with Crippen LogP contribution in [-0.4, -0.2) is 56.7 Å². The SMILES string of the molecule is CCCN(C)C(=O)[C@H]1CCc2c(sc3ncnc(Nc4cc5cn[nH]c5nc4OC)c23)C1. The third-order valence-corrected chi connectivity index (χ3v) is 7.13. The van der Waals surface area contributed by atoms with Gasteiger partial charge in [-0.15, -0.1) is 11.3 Å². The Labute approximate surface area is 189 Å². The van der Waals surface area contributed by atoms with Crippen LogP contribution in [0.3, 0.4) is 0 Å². The van der Waals surface area contributed by atoms with Crippen LogP contribution in [0.5, 0.6) is 5.88 Å². The summed E-state index contributed by atoms with van der Waals surface area (Å²) in [5, 5.41) is 12.2. The van der Waals surface area contributed by atoms with Crippen LogP contribution in [-0.2, 0) is 17.6 Å². The number of rotatable bonds is 6. The van der Waals surface area contributed by atoms with Crippen molar-refractivity contribution in [1.29, 1.82) is 0 Å². The zero-order valence-electron chi connectivity index (χ0n) is 18.3. The highest BCUT2D eigenvalue weighted by atomic mass is 32.1. The number of nitrogens with zero attached hydrogens (tertiary/aromatic N) is 5. The molecule has 2 N–H and O–H groups in total. The summed E-state index contributed by atoms with van der Waals surface area (Å²) in [5.74, 6) is 1.46. The van der Waals surface area contributed by atoms with Gasteiger partial charge in [-0.25, -0.2) is 9.97 Å². The van der Waals surface area contributed by atoms with Crippen molar-refractivity contribution >= 4 is 50.0 Å². The average Bonchev–Trinajstić information content (AvgIpc) is 3.41. The molecule has 5 rings (SSSR count). The first-order valence-corrected chi connectivity index (χ1v) is 11.6. The van der Waals surface area contributed by atoms with E-state index in [9.17, 15) is 4.79 Å². The lowest BCUT2D eigenvalue weighted by Gasteiger charge is -2.26. The van der Waals surface area contributed by atoms with Crippen LogP contribution in [0.1, 0.15) is 30.2 Å². The molecule has 4 aromatic heterocycles. The molecule has 4 aromatic rings. The van der Waals surface area contributed by atoms with Crippen molar-refractivity contribution in [2.24, 2.45) is 5.92 Å². The average molecular weight is 452 g/mol. The largest absolute Gasteiger partial charge is 0.479 e. The fourth-order valence-corrected chi connectivity index (χ4v) is 5.68. The number of thiophene rings is 1. The molecule has 0 aromatic carbocycles. The van der Waals surface area contributed by atoms with Crippen molar-refractivity contribution in [3.63, 3.8) is 0 Å². The normalized spacial score (nSPS) is 15.7. The second-order valence-electron chi connectivity index (χ2n) is 8.08. The first-order valence-electron chi connectivity index (χ1n) is 10.7. The van der Waals surface area contributed by atoms with Crippen LogP contribution in [0.25, 0.3) is 21.3 Å². The van der Waals surface area contributed by atoms with E-state index in [1.165, 1.54) is 10.4 Å². The fourth-order valence-electron chi connectivity index (χ4n) is 4.41. The molecule has 0 unspecified atom stereocenters. The van der Waals surface area contributed by atoms with Crippen molar-refractivity contribution in [2.45, 2.75) is 32.6 Å². The molecule has 9 nitrogen and oxygen atoms in total. The van der Waals surface area contributed by atoms with Crippen LogP contribution in [0.15, 0.2) is 18.6 Å². The van der Waals surface area contributed by atoms with Gasteiger partial charge in [-0.2, -0.15) is 10.1 Å². The Balaban J connectivity index is 1.49. The number of ether oxygens (including phenoxy) is 1. The predicted molar refractivity (Wildman–Crippen MR) is 125 cm³/mol. The van der Waals surface area contributed by atoms with Crippen LogP contribution in [0.2, 0.25) is 0 Å². The molecule has 1 aliphatic carbocycles. The van der Waals surface area contributed by atoms with Gasteiger partial charge in [-0.1, -0.05) is 6.92 Å². The smallest absolute Gasteiger partial charge is 0.239 e. The Morgan fingerprint density at radius 3 is 3.09 bits per heavy atom. The van der Waals surface area contributed by atoms with E-state index in [0.717, 1.165) is 53.6 Å². The van der Waals surface area contributed by atoms with E-state index in [1.807, 2.05) is 18.0 Å². The summed E-state index contributed by atoms with van der Waals surface area (Å²) in [4.78, 5) is 30.4. The zero-order chi connectivity index (χ0) is 22.2. The molecule has 0 radical (unpaired) electrons. The first-order chi connectivity index (χ1) is 15.6. The Kier molecular flexibility index (Phi) is 5.38. The van der Waals surface area contributed by atoms with E-state index in [4.69, 9.17) is 4.74 Å². The maximum atomic E-state index is 12.8. The van der Waals surface area contributed by atoms with Gasteiger partial charge in [0.15, 0.2) is 5.65 Å². The molecular formula is C22H25N7O2S. The molecule has 0 saturated carbocycles. The monoisotopic (exact) mass is 451 g/mol. The number of aromatic nitrogens is 5. The lowest BCUT2D eigenvalue weighted by Crippen LogP contribution is -2.35. The number of nitrogens with one attached hydrogen (secondary N) is 2. The molecule has 0 saturated heterocycles. The number of pyridine rings is 1. The van der Waals surface area contributed by atoms with E-state index in [1.54, 1.807) is 31.0 Å². The van der Waals surface area contributed by atoms with E-state index in [0.29, 0.717) is 17.2 Å². The van der Waals surface area contributed by atoms with E-state index >= 15 is 0 Å². The zero-order valence-corrected chi connectivity index (χ0v) is 19.1. The summed E-state index contributed by atoms with van der Waals surface area (Å²) >= 11 is 1.66. The van der Waals surface area contributed by atoms with Gasteiger partial charge in [0.25, 0.3) is 0 Å². The molecule has 0 bridgehead atoms. The predicted octanol–water partition coefficient (Wildman–Crippen LogP) is 3.69. The fraction of sp³-hybridized carbons (Fsp3) is 0.409.